The Morgan fingerprint density at radius 3 is 3.00 bits per heavy atom. The van der Waals surface area contributed by atoms with Crippen LogP contribution in [0.15, 0.2) is 12.3 Å². The molecule has 1 amide bonds. The van der Waals surface area contributed by atoms with Crippen molar-refractivity contribution in [1.82, 2.24) is 19.4 Å². The van der Waals surface area contributed by atoms with E-state index in [0.29, 0.717) is 44.0 Å². The van der Waals surface area contributed by atoms with Gasteiger partial charge in [-0.1, -0.05) is 0 Å². The number of carbonyl (C=O) groups excluding carboxylic acids is 1. The van der Waals surface area contributed by atoms with Crippen LogP contribution in [-0.4, -0.2) is 51.6 Å². The monoisotopic (exact) mass is 306 g/mol. The number of imidazole rings is 1. The van der Waals surface area contributed by atoms with E-state index in [9.17, 15) is 4.79 Å². The maximum Gasteiger partial charge on any atom is 0.224 e. The first-order chi connectivity index (χ1) is 10.1. The minimum atomic E-state index is 0.140. The van der Waals surface area contributed by atoms with Crippen LogP contribution in [0.5, 0.6) is 0 Å². The van der Waals surface area contributed by atoms with E-state index in [1.165, 1.54) is 0 Å². The van der Waals surface area contributed by atoms with Crippen LogP contribution < -0.4 is 0 Å². The largest absolute Gasteiger partial charge is 0.378 e. The van der Waals surface area contributed by atoms with Crippen molar-refractivity contribution in [2.75, 3.05) is 26.3 Å². The minimum absolute atomic E-state index is 0.140. The van der Waals surface area contributed by atoms with Crippen molar-refractivity contribution in [1.29, 1.82) is 0 Å². The molecule has 3 rings (SSSR count). The average Bonchev–Trinajstić information content (AvgIpc) is 2.80. The van der Waals surface area contributed by atoms with Crippen LogP contribution in [0.25, 0.3) is 11.2 Å². The summed E-state index contributed by atoms with van der Waals surface area (Å²) < 4.78 is 7.76. The molecule has 0 bridgehead atoms. The lowest BCUT2D eigenvalue weighted by molar-refractivity contribution is -0.135. The lowest BCUT2D eigenvalue weighted by Gasteiger charge is -2.26. The maximum absolute atomic E-state index is 12.2. The molecule has 1 aliphatic rings. The second-order valence-corrected chi connectivity index (χ2v) is 5.60. The number of pyridine rings is 1. The van der Waals surface area contributed by atoms with E-state index in [4.69, 9.17) is 17.0 Å². The molecule has 21 heavy (non-hydrogen) atoms. The van der Waals surface area contributed by atoms with E-state index in [2.05, 4.69) is 9.97 Å². The Hall–Kier alpha value is -1.73. The van der Waals surface area contributed by atoms with Gasteiger partial charge in [-0.05, 0) is 30.8 Å². The molecule has 2 aromatic rings. The van der Waals surface area contributed by atoms with E-state index in [1.54, 1.807) is 0 Å². The van der Waals surface area contributed by atoms with Crippen LogP contribution in [0.4, 0.5) is 0 Å². The molecular weight excluding hydrogens is 288 g/mol. The van der Waals surface area contributed by atoms with Crippen molar-refractivity contribution < 1.29 is 9.53 Å². The Bertz CT molecular complexity index is 715. The molecule has 1 N–H and O–H groups in total. The van der Waals surface area contributed by atoms with E-state index in [1.807, 2.05) is 28.7 Å². The second-order valence-electron chi connectivity index (χ2n) is 5.21. The van der Waals surface area contributed by atoms with Crippen molar-refractivity contribution in [3.05, 3.63) is 22.6 Å². The van der Waals surface area contributed by atoms with Gasteiger partial charge in [-0.3, -0.25) is 4.79 Å². The maximum atomic E-state index is 12.2. The van der Waals surface area contributed by atoms with Gasteiger partial charge < -0.3 is 19.2 Å². The highest BCUT2D eigenvalue weighted by atomic mass is 32.1. The molecule has 0 radical (unpaired) electrons. The van der Waals surface area contributed by atoms with Crippen LogP contribution in [0.3, 0.4) is 0 Å². The highest BCUT2D eigenvalue weighted by Crippen LogP contribution is 2.14. The molecule has 2 aromatic heterocycles. The summed E-state index contributed by atoms with van der Waals surface area (Å²) in [5.41, 5.74) is 2.80. The van der Waals surface area contributed by atoms with Gasteiger partial charge in [0.2, 0.25) is 5.91 Å². The number of carbonyl (C=O) groups is 1. The number of ether oxygens (including phenoxy) is 1. The normalized spacial score (nSPS) is 15.6. The predicted octanol–water partition coefficient (Wildman–Crippen LogP) is 1.65. The fraction of sp³-hybridized carbons (Fsp3) is 0.500. The summed E-state index contributed by atoms with van der Waals surface area (Å²) in [6.07, 6.45) is 2.24. The first kappa shape index (κ1) is 14.2. The summed E-state index contributed by atoms with van der Waals surface area (Å²) in [5.74, 6) is 0.140. The Morgan fingerprint density at radius 2 is 2.24 bits per heavy atom. The van der Waals surface area contributed by atoms with Gasteiger partial charge in [0.1, 0.15) is 0 Å². The first-order valence-corrected chi connectivity index (χ1v) is 7.46. The second kappa shape index (κ2) is 5.95. The molecule has 0 aromatic carbocycles. The van der Waals surface area contributed by atoms with E-state index in [-0.39, 0.29) is 5.91 Å². The molecule has 0 aliphatic carbocycles. The number of aromatic amines is 1. The number of nitrogens with zero attached hydrogens (tertiary/aromatic N) is 3. The number of rotatable bonds is 3. The summed E-state index contributed by atoms with van der Waals surface area (Å²) >= 11 is 5.33. The minimum Gasteiger partial charge on any atom is -0.378 e. The number of hydrogen-bond donors (Lipinski definition) is 1. The summed E-state index contributed by atoms with van der Waals surface area (Å²) in [6.45, 7) is 5.14. The van der Waals surface area contributed by atoms with Crippen LogP contribution in [0.2, 0.25) is 0 Å². The predicted molar refractivity (Wildman–Crippen MR) is 81.7 cm³/mol. The van der Waals surface area contributed by atoms with Crippen LogP contribution in [0.1, 0.15) is 12.0 Å². The van der Waals surface area contributed by atoms with Crippen molar-refractivity contribution >= 4 is 29.3 Å². The van der Waals surface area contributed by atoms with E-state index < -0.39 is 0 Å². The van der Waals surface area contributed by atoms with Gasteiger partial charge in [0, 0.05) is 32.3 Å². The molecule has 6 nitrogen and oxygen atoms in total. The number of nitrogens with one attached hydrogen (secondary N) is 1. The van der Waals surface area contributed by atoms with Gasteiger partial charge in [0.15, 0.2) is 10.4 Å². The number of amides is 1. The molecule has 112 valence electrons. The number of aryl methyl sites for hydroxylation is 2. The number of H-pyrrole nitrogens is 1. The zero-order valence-electron chi connectivity index (χ0n) is 12.0. The Morgan fingerprint density at radius 1 is 1.48 bits per heavy atom. The van der Waals surface area contributed by atoms with Gasteiger partial charge in [-0.2, -0.15) is 0 Å². The highest BCUT2D eigenvalue weighted by Gasteiger charge is 2.17. The topological polar surface area (TPSA) is 63.2 Å². The van der Waals surface area contributed by atoms with Crippen molar-refractivity contribution in [2.24, 2.45) is 0 Å². The summed E-state index contributed by atoms with van der Waals surface area (Å²) in [6, 6.07) is 2.01. The number of morpholine rings is 1. The van der Waals surface area contributed by atoms with Crippen molar-refractivity contribution in [3.63, 3.8) is 0 Å². The first-order valence-electron chi connectivity index (χ1n) is 7.06. The van der Waals surface area contributed by atoms with E-state index >= 15 is 0 Å². The Balaban J connectivity index is 1.74. The summed E-state index contributed by atoms with van der Waals surface area (Å²) in [5, 5.41) is 0. The quantitative estimate of drug-likeness (QED) is 0.876. The summed E-state index contributed by atoms with van der Waals surface area (Å²) in [7, 11) is 0. The molecule has 0 saturated carbocycles. The van der Waals surface area contributed by atoms with Gasteiger partial charge in [-0.15, -0.1) is 0 Å². The SMILES string of the molecule is Cc1cnc2c(c1)[nH]c(=S)n2CCC(=O)N1CCOCC1. The van der Waals surface area contributed by atoms with Gasteiger partial charge in [-0.25, -0.2) is 4.98 Å². The lowest BCUT2D eigenvalue weighted by atomic mass is 10.3. The Labute approximate surface area is 127 Å². The third kappa shape index (κ3) is 2.98. The van der Waals surface area contributed by atoms with Crippen LogP contribution >= 0.6 is 12.2 Å². The van der Waals surface area contributed by atoms with Gasteiger partial charge in [0.25, 0.3) is 0 Å². The van der Waals surface area contributed by atoms with Gasteiger partial charge >= 0.3 is 0 Å². The molecule has 7 heteroatoms. The molecule has 0 atom stereocenters. The van der Waals surface area contributed by atoms with Crippen LogP contribution in [-0.2, 0) is 16.1 Å². The fourth-order valence-corrected chi connectivity index (χ4v) is 2.82. The fourth-order valence-electron chi connectivity index (χ4n) is 2.53. The number of fused-ring (bicyclic) bond motifs is 1. The van der Waals surface area contributed by atoms with Crippen molar-refractivity contribution in [2.45, 2.75) is 19.9 Å². The molecule has 3 heterocycles. The molecule has 1 aliphatic heterocycles. The zero-order chi connectivity index (χ0) is 14.8. The van der Waals surface area contributed by atoms with Crippen LogP contribution in [0, 0.1) is 11.7 Å². The standard InChI is InChI=1S/C14H18N4O2S/c1-10-8-11-13(15-9-10)18(14(21)16-11)3-2-12(19)17-4-6-20-7-5-17/h8-9H,2-7H2,1H3,(H,16,21). The smallest absolute Gasteiger partial charge is 0.224 e. The summed E-state index contributed by atoms with van der Waals surface area (Å²) in [4.78, 5) is 21.6. The average molecular weight is 306 g/mol. The van der Waals surface area contributed by atoms with E-state index in [0.717, 1.165) is 16.7 Å². The zero-order valence-corrected chi connectivity index (χ0v) is 12.8. The third-order valence-corrected chi connectivity index (χ3v) is 3.98. The lowest BCUT2D eigenvalue weighted by Crippen LogP contribution is -2.40. The molecule has 0 spiro atoms. The molecule has 0 unspecified atom stereocenters. The van der Waals surface area contributed by atoms with Crippen molar-refractivity contribution in [3.8, 4) is 0 Å². The molecular formula is C14H18N4O2S. The highest BCUT2D eigenvalue weighted by molar-refractivity contribution is 7.71. The third-order valence-electron chi connectivity index (χ3n) is 3.66. The Kier molecular flexibility index (Phi) is 4.03. The number of hydrogen-bond acceptors (Lipinski definition) is 4. The molecule has 1 saturated heterocycles. The number of aromatic nitrogens is 3. The molecule has 1 fully saturated rings. The van der Waals surface area contributed by atoms with Gasteiger partial charge in [0.05, 0.1) is 18.7 Å².